The number of fused-ring (bicyclic) bond motifs is 1. The maximum absolute atomic E-state index is 12.2. The number of benzene rings is 1. The summed E-state index contributed by atoms with van der Waals surface area (Å²) >= 11 is 0. The molecule has 0 saturated heterocycles. The summed E-state index contributed by atoms with van der Waals surface area (Å²) in [6, 6.07) is 4.20. The SMILES string of the molecule is COC(=O)[C@H](NC(=O)c1ccc2c(c1)OCO2)C(C)C. The van der Waals surface area contributed by atoms with E-state index in [-0.39, 0.29) is 18.6 Å². The van der Waals surface area contributed by atoms with E-state index in [0.717, 1.165) is 0 Å². The fourth-order valence-corrected chi connectivity index (χ4v) is 1.89. The zero-order valence-electron chi connectivity index (χ0n) is 11.6. The molecule has 0 bridgehead atoms. The molecule has 2 rings (SSSR count). The lowest BCUT2D eigenvalue weighted by molar-refractivity contribution is -0.144. The first-order valence-corrected chi connectivity index (χ1v) is 6.31. The molecule has 108 valence electrons. The van der Waals surface area contributed by atoms with Gasteiger partial charge in [0, 0.05) is 5.56 Å². The maximum atomic E-state index is 12.2. The lowest BCUT2D eigenvalue weighted by Gasteiger charge is -2.19. The minimum Gasteiger partial charge on any atom is -0.467 e. The molecule has 0 fully saturated rings. The van der Waals surface area contributed by atoms with Gasteiger partial charge >= 0.3 is 5.97 Å². The number of esters is 1. The van der Waals surface area contributed by atoms with E-state index in [9.17, 15) is 9.59 Å². The van der Waals surface area contributed by atoms with Crippen molar-refractivity contribution in [3.05, 3.63) is 23.8 Å². The van der Waals surface area contributed by atoms with Crippen LogP contribution in [0.25, 0.3) is 0 Å². The van der Waals surface area contributed by atoms with Crippen molar-refractivity contribution in [3.63, 3.8) is 0 Å². The van der Waals surface area contributed by atoms with Gasteiger partial charge in [-0.1, -0.05) is 13.8 Å². The summed E-state index contributed by atoms with van der Waals surface area (Å²) in [5.74, 6) is 0.244. The van der Waals surface area contributed by atoms with Gasteiger partial charge in [-0.3, -0.25) is 4.79 Å². The molecule has 1 aliphatic rings. The third-order valence-electron chi connectivity index (χ3n) is 3.04. The van der Waals surface area contributed by atoms with Gasteiger partial charge in [-0.05, 0) is 24.1 Å². The van der Waals surface area contributed by atoms with E-state index in [1.54, 1.807) is 18.2 Å². The van der Waals surface area contributed by atoms with Crippen molar-refractivity contribution in [2.24, 2.45) is 5.92 Å². The molecule has 1 aliphatic heterocycles. The lowest BCUT2D eigenvalue weighted by atomic mass is 10.0. The Morgan fingerprint density at radius 3 is 2.60 bits per heavy atom. The van der Waals surface area contributed by atoms with Crippen molar-refractivity contribution >= 4 is 11.9 Å². The summed E-state index contributed by atoms with van der Waals surface area (Å²) < 4.78 is 15.1. The molecule has 0 unspecified atom stereocenters. The minimum atomic E-state index is -0.682. The van der Waals surface area contributed by atoms with Crippen molar-refractivity contribution in [1.82, 2.24) is 5.32 Å². The molecule has 1 heterocycles. The molecular formula is C14H17NO5. The lowest BCUT2D eigenvalue weighted by Crippen LogP contribution is -2.45. The Labute approximate surface area is 117 Å². The Morgan fingerprint density at radius 1 is 1.25 bits per heavy atom. The second-order valence-electron chi connectivity index (χ2n) is 4.79. The van der Waals surface area contributed by atoms with Gasteiger partial charge in [0.25, 0.3) is 5.91 Å². The predicted octanol–water partition coefficient (Wildman–Crippen LogP) is 1.34. The fourth-order valence-electron chi connectivity index (χ4n) is 1.89. The molecule has 20 heavy (non-hydrogen) atoms. The zero-order chi connectivity index (χ0) is 14.7. The summed E-state index contributed by atoms with van der Waals surface area (Å²) in [4.78, 5) is 23.8. The molecule has 1 aromatic carbocycles. The van der Waals surface area contributed by atoms with Gasteiger partial charge in [0.2, 0.25) is 6.79 Å². The largest absolute Gasteiger partial charge is 0.467 e. The number of carbonyl (C=O) groups excluding carboxylic acids is 2. The van der Waals surface area contributed by atoms with Crippen molar-refractivity contribution in [2.75, 3.05) is 13.9 Å². The molecule has 0 saturated carbocycles. The summed E-state index contributed by atoms with van der Waals surface area (Å²) in [5.41, 5.74) is 0.406. The number of hydrogen-bond donors (Lipinski definition) is 1. The smallest absolute Gasteiger partial charge is 0.328 e. The molecule has 0 spiro atoms. The molecule has 0 aliphatic carbocycles. The third-order valence-corrected chi connectivity index (χ3v) is 3.04. The highest BCUT2D eigenvalue weighted by Crippen LogP contribution is 2.32. The average Bonchev–Trinajstić information content (AvgIpc) is 2.90. The second-order valence-corrected chi connectivity index (χ2v) is 4.79. The van der Waals surface area contributed by atoms with E-state index < -0.39 is 12.0 Å². The van der Waals surface area contributed by atoms with Crippen LogP contribution in [0.15, 0.2) is 18.2 Å². The summed E-state index contributed by atoms with van der Waals surface area (Å²) in [6.45, 7) is 3.82. The van der Waals surface area contributed by atoms with Crippen LogP contribution in [0.3, 0.4) is 0 Å². The molecule has 0 radical (unpaired) electrons. The first kappa shape index (κ1) is 14.2. The van der Waals surface area contributed by atoms with Crippen LogP contribution in [0.1, 0.15) is 24.2 Å². The first-order chi connectivity index (χ1) is 9.52. The van der Waals surface area contributed by atoms with Crippen LogP contribution in [-0.4, -0.2) is 31.8 Å². The Morgan fingerprint density at radius 2 is 1.95 bits per heavy atom. The molecule has 0 aromatic heterocycles. The normalized spacial score (nSPS) is 14.0. The standard InChI is InChI=1S/C14H17NO5/c1-8(2)12(14(17)18-3)15-13(16)9-4-5-10-11(6-9)20-7-19-10/h4-6,8,12H,7H2,1-3H3,(H,15,16)/t12-/m1/s1. The van der Waals surface area contributed by atoms with E-state index >= 15 is 0 Å². The molecule has 1 aromatic rings. The van der Waals surface area contributed by atoms with E-state index in [4.69, 9.17) is 9.47 Å². The van der Waals surface area contributed by atoms with Crippen LogP contribution >= 0.6 is 0 Å². The van der Waals surface area contributed by atoms with Crippen LogP contribution in [-0.2, 0) is 9.53 Å². The number of amides is 1. The number of hydrogen-bond acceptors (Lipinski definition) is 5. The second kappa shape index (κ2) is 5.81. The molecule has 6 heteroatoms. The number of rotatable bonds is 4. The van der Waals surface area contributed by atoms with Crippen LogP contribution in [0.4, 0.5) is 0 Å². The zero-order valence-corrected chi connectivity index (χ0v) is 11.6. The number of ether oxygens (including phenoxy) is 3. The number of carbonyl (C=O) groups is 2. The Hall–Kier alpha value is -2.24. The van der Waals surface area contributed by atoms with Crippen LogP contribution in [0.5, 0.6) is 11.5 Å². The highest BCUT2D eigenvalue weighted by Gasteiger charge is 2.26. The van der Waals surface area contributed by atoms with Crippen LogP contribution in [0.2, 0.25) is 0 Å². The van der Waals surface area contributed by atoms with E-state index in [2.05, 4.69) is 10.1 Å². The Bertz CT molecular complexity index is 526. The number of nitrogens with one attached hydrogen (secondary N) is 1. The quantitative estimate of drug-likeness (QED) is 0.842. The van der Waals surface area contributed by atoms with Gasteiger partial charge in [-0.25, -0.2) is 4.79 Å². The highest BCUT2D eigenvalue weighted by atomic mass is 16.7. The topological polar surface area (TPSA) is 73.9 Å². The van der Waals surface area contributed by atoms with Crippen LogP contribution < -0.4 is 14.8 Å². The van der Waals surface area contributed by atoms with Gasteiger partial charge in [0.15, 0.2) is 11.5 Å². The average molecular weight is 279 g/mol. The summed E-state index contributed by atoms with van der Waals surface area (Å²) in [6.07, 6.45) is 0. The monoisotopic (exact) mass is 279 g/mol. The first-order valence-electron chi connectivity index (χ1n) is 6.31. The van der Waals surface area contributed by atoms with Gasteiger partial charge in [0.05, 0.1) is 7.11 Å². The van der Waals surface area contributed by atoms with E-state index in [1.807, 2.05) is 13.8 Å². The maximum Gasteiger partial charge on any atom is 0.328 e. The fraction of sp³-hybridized carbons (Fsp3) is 0.429. The van der Waals surface area contributed by atoms with E-state index in [1.165, 1.54) is 7.11 Å². The molecule has 1 amide bonds. The van der Waals surface area contributed by atoms with Gasteiger partial charge in [-0.15, -0.1) is 0 Å². The minimum absolute atomic E-state index is 0.0691. The van der Waals surface area contributed by atoms with Crippen molar-refractivity contribution in [2.45, 2.75) is 19.9 Å². The molecular weight excluding hydrogens is 262 g/mol. The predicted molar refractivity (Wildman–Crippen MR) is 70.7 cm³/mol. The van der Waals surface area contributed by atoms with Gasteiger partial charge < -0.3 is 19.5 Å². The van der Waals surface area contributed by atoms with E-state index in [0.29, 0.717) is 17.1 Å². The molecule has 1 N–H and O–H groups in total. The van der Waals surface area contributed by atoms with Crippen molar-refractivity contribution < 1.29 is 23.8 Å². The Kier molecular flexibility index (Phi) is 4.12. The van der Waals surface area contributed by atoms with Crippen molar-refractivity contribution in [3.8, 4) is 11.5 Å². The Balaban J connectivity index is 2.12. The van der Waals surface area contributed by atoms with Crippen LogP contribution in [0, 0.1) is 5.92 Å². The van der Waals surface area contributed by atoms with Gasteiger partial charge in [0.1, 0.15) is 6.04 Å². The third kappa shape index (κ3) is 2.84. The van der Waals surface area contributed by atoms with Gasteiger partial charge in [-0.2, -0.15) is 0 Å². The summed E-state index contributed by atoms with van der Waals surface area (Å²) in [5, 5.41) is 2.66. The molecule has 1 atom stereocenters. The summed E-state index contributed by atoms with van der Waals surface area (Å²) in [7, 11) is 1.30. The molecule has 6 nitrogen and oxygen atoms in total. The number of methoxy groups -OCH3 is 1. The van der Waals surface area contributed by atoms with Crippen molar-refractivity contribution in [1.29, 1.82) is 0 Å². The highest BCUT2D eigenvalue weighted by molar-refractivity contribution is 5.97.